The predicted molar refractivity (Wildman–Crippen MR) is 180 cm³/mol. The number of hydrogen-bond acceptors (Lipinski definition) is 6. The molecular weight excluding hydrogens is 935 g/mol. The van der Waals surface area contributed by atoms with Crippen molar-refractivity contribution in [3.63, 3.8) is 0 Å². The van der Waals surface area contributed by atoms with Crippen LogP contribution in [0.4, 0.5) is 26.3 Å². The first-order chi connectivity index (χ1) is 25.5. The van der Waals surface area contributed by atoms with E-state index in [4.69, 9.17) is 15.3 Å². The van der Waals surface area contributed by atoms with Crippen LogP contribution >= 0.6 is 0 Å². The molecule has 2 radical (unpaired) electrons. The van der Waals surface area contributed by atoms with E-state index in [0.29, 0.717) is 18.2 Å². The molecule has 6 aromatic carbocycles. The van der Waals surface area contributed by atoms with E-state index >= 15 is 0 Å². The van der Waals surface area contributed by atoms with Crippen molar-refractivity contribution in [3.8, 4) is 50.6 Å². The molecule has 0 unspecified atom stereocenters. The molecular formula is C39H21BiF6O9. The molecule has 0 atom stereocenters. The van der Waals surface area contributed by atoms with Gasteiger partial charge in [0.1, 0.15) is 34.9 Å². The predicted octanol–water partition coefficient (Wildman–Crippen LogP) is 6.83. The van der Waals surface area contributed by atoms with Gasteiger partial charge >= 0.3 is 44.1 Å². The quantitative estimate of drug-likeness (QED) is 0.119. The van der Waals surface area contributed by atoms with Gasteiger partial charge in [-0.15, -0.1) is 0 Å². The maximum atomic E-state index is 13.5. The summed E-state index contributed by atoms with van der Waals surface area (Å²) in [5.74, 6) is -10.8. The number of carboxylic acids is 3. The van der Waals surface area contributed by atoms with E-state index in [-0.39, 0.29) is 59.6 Å². The Morgan fingerprint density at radius 2 is 0.618 bits per heavy atom. The fourth-order valence-electron chi connectivity index (χ4n) is 4.76. The molecule has 0 aromatic heterocycles. The number of benzene rings is 6. The Labute approximate surface area is 325 Å². The third kappa shape index (κ3) is 10.8. The largest absolute Gasteiger partial charge is 3.00 e. The number of carbonyl (C=O) groups is 3. The van der Waals surface area contributed by atoms with Gasteiger partial charge in [0.25, 0.3) is 0 Å². The van der Waals surface area contributed by atoms with Gasteiger partial charge in [-0.25, -0.2) is 40.7 Å². The minimum Gasteiger partial charge on any atom is -0.872 e. The van der Waals surface area contributed by atoms with E-state index in [1.807, 2.05) is 0 Å². The van der Waals surface area contributed by atoms with Crippen LogP contribution in [0.25, 0.3) is 33.4 Å². The summed E-state index contributed by atoms with van der Waals surface area (Å²) in [6, 6.07) is 19.1. The van der Waals surface area contributed by atoms with Crippen molar-refractivity contribution in [2.75, 3.05) is 0 Å². The SMILES string of the molecule is O=C(O)c1cc(-c2ccc(F)cc2F)ccc1[O-].O=C(O)c1cc(-c2ccc(F)cc2F)ccc1[O-].O=C(O)c1cc(-c2ccc(F)cc2F)ccc1[O-].[Bi+3]. The molecule has 0 saturated heterocycles. The van der Waals surface area contributed by atoms with Gasteiger partial charge < -0.3 is 30.6 Å². The molecule has 9 nitrogen and oxygen atoms in total. The second-order valence-electron chi connectivity index (χ2n) is 10.9. The van der Waals surface area contributed by atoms with Gasteiger partial charge in [-0.1, -0.05) is 53.6 Å². The molecule has 3 N–H and O–H groups in total. The fourth-order valence-corrected chi connectivity index (χ4v) is 4.76. The Hall–Kier alpha value is -6.41. The average molecular weight is 957 g/mol. The minimum absolute atomic E-state index is 0. The first-order valence-corrected chi connectivity index (χ1v) is 15.0. The number of aromatic carboxylic acids is 3. The van der Waals surface area contributed by atoms with E-state index in [2.05, 4.69) is 0 Å². The van der Waals surface area contributed by atoms with Gasteiger partial charge in [0, 0.05) is 34.9 Å². The third-order valence-electron chi connectivity index (χ3n) is 7.36. The smallest absolute Gasteiger partial charge is 0.872 e. The number of hydrogen-bond donors (Lipinski definition) is 3. The van der Waals surface area contributed by atoms with Crippen molar-refractivity contribution < 1.29 is 71.4 Å². The zero-order valence-corrected chi connectivity index (χ0v) is 30.9. The summed E-state index contributed by atoms with van der Waals surface area (Å²) in [5.41, 5.74) is -0.584. The second-order valence-corrected chi connectivity index (χ2v) is 10.9. The summed E-state index contributed by atoms with van der Waals surface area (Å²) < 4.78 is 78.8. The number of rotatable bonds is 6. The molecule has 0 bridgehead atoms. The summed E-state index contributed by atoms with van der Waals surface area (Å²) in [6.45, 7) is 0. The van der Waals surface area contributed by atoms with Crippen LogP contribution in [-0.2, 0) is 0 Å². The van der Waals surface area contributed by atoms with Gasteiger partial charge in [-0.05, 0) is 71.3 Å². The van der Waals surface area contributed by atoms with Crippen LogP contribution in [0, 0.1) is 34.9 Å². The van der Waals surface area contributed by atoms with Crippen LogP contribution in [0.3, 0.4) is 0 Å². The number of carboxylic acid groups (broad SMARTS) is 3. The van der Waals surface area contributed by atoms with Crippen LogP contribution in [0.2, 0.25) is 0 Å². The average Bonchev–Trinajstić information content (AvgIpc) is 3.10. The van der Waals surface area contributed by atoms with Gasteiger partial charge in [0.05, 0.1) is 16.7 Å². The van der Waals surface area contributed by atoms with E-state index in [0.717, 1.165) is 54.6 Å². The summed E-state index contributed by atoms with van der Waals surface area (Å²) in [5, 5.41) is 60.1. The molecule has 0 spiro atoms. The zero-order chi connectivity index (χ0) is 39.9. The Bertz CT molecular complexity index is 2140. The van der Waals surface area contributed by atoms with Gasteiger partial charge in [-0.2, -0.15) is 0 Å². The molecule has 6 rings (SSSR count). The van der Waals surface area contributed by atoms with Gasteiger partial charge in [0.15, 0.2) is 0 Å². The molecule has 0 aliphatic heterocycles. The fraction of sp³-hybridized carbons (Fsp3) is 0. The van der Waals surface area contributed by atoms with Crippen molar-refractivity contribution in [1.29, 1.82) is 0 Å². The zero-order valence-electron chi connectivity index (χ0n) is 27.4. The monoisotopic (exact) mass is 956 g/mol. The maximum absolute atomic E-state index is 13.5. The van der Waals surface area contributed by atoms with Crippen LogP contribution in [0.15, 0.2) is 109 Å². The van der Waals surface area contributed by atoms with E-state index in [9.17, 15) is 56.0 Å². The minimum atomic E-state index is -1.38. The molecule has 278 valence electrons. The Kier molecular flexibility index (Phi) is 14.5. The van der Waals surface area contributed by atoms with E-state index in [1.165, 1.54) is 36.4 Å². The molecule has 0 saturated carbocycles. The van der Waals surface area contributed by atoms with Crippen molar-refractivity contribution >= 4 is 44.1 Å². The number of halogens is 6. The van der Waals surface area contributed by atoms with Gasteiger partial charge in [-0.3, -0.25) is 0 Å². The standard InChI is InChI=1S/3C13H8F2O3.Bi/c3*14-8-2-3-9(11(15)6-8)7-1-4-12(16)10(5-7)13(17)18;/h3*1-6,16H,(H,17,18);/q;;;+3/p-3. The van der Waals surface area contributed by atoms with Crippen molar-refractivity contribution in [1.82, 2.24) is 0 Å². The summed E-state index contributed by atoms with van der Waals surface area (Å²) in [4.78, 5) is 32.4. The van der Waals surface area contributed by atoms with E-state index < -0.39 is 86.8 Å². The first-order valence-electron chi connectivity index (χ1n) is 15.0. The summed E-state index contributed by atoms with van der Waals surface area (Å²) in [7, 11) is 0. The first kappa shape index (κ1) is 43.0. The molecule has 0 aliphatic rings. The molecule has 55 heavy (non-hydrogen) atoms. The van der Waals surface area contributed by atoms with Crippen LogP contribution in [0.1, 0.15) is 31.1 Å². The Morgan fingerprint density at radius 3 is 0.818 bits per heavy atom. The van der Waals surface area contributed by atoms with Crippen LogP contribution < -0.4 is 15.3 Å². The van der Waals surface area contributed by atoms with E-state index in [1.54, 1.807) is 0 Å². The molecule has 0 fully saturated rings. The summed E-state index contributed by atoms with van der Waals surface area (Å²) in [6.07, 6.45) is 0. The second kappa shape index (κ2) is 18.6. The summed E-state index contributed by atoms with van der Waals surface area (Å²) >= 11 is 0. The van der Waals surface area contributed by atoms with Crippen LogP contribution in [-0.4, -0.2) is 59.4 Å². The maximum Gasteiger partial charge on any atom is 3.00 e. The van der Waals surface area contributed by atoms with Crippen molar-refractivity contribution in [2.45, 2.75) is 0 Å². The molecule has 16 heteroatoms. The molecule has 6 aromatic rings. The van der Waals surface area contributed by atoms with Crippen molar-refractivity contribution in [3.05, 3.63) is 161 Å². The topological polar surface area (TPSA) is 181 Å². The Morgan fingerprint density at radius 1 is 0.382 bits per heavy atom. The molecule has 0 aliphatic carbocycles. The Balaban J connectivity index is 0.000000220. The molecule has 0 heterocycles. The molecule has 0 amide bonds. The van der Waals surface area contributed by atoms with Crippen molar-refractivity contribution in [2.24, 2.45) is 0 Å². The third-order valence-corrected chi connectivity index (χ3v) is 7.36. The van der Waals surface area contributed by atoms with Crippen LogP contribution in [0.5, 0.6) is 17.2 Å². The van der Waals surface area contributed by atoms with Gasteiger partial charge in [0.2, 0.25) is 0 Å². The normalized spacial score (nSPS) is 10.1.